The van der Waals surface area contributed by atoms with E-state index < -0.39 is 0 Å². The van der Waals surface area contributed by atoms with Gasteiger partial charge in [-0.2, -0.15) is 0 Å². The van der Waals surface area contributed by atoms with Crippen molar-refractivity contribution in [3.8, 4) is 0 Å². The smallest absolute Gasteiger partial charge is 0.261 e. The van der Waals surface area contributed by atoms with Gasteiger partial charge in [-0.1, -0.05) is 49.1 Å². The van der Waals surface area contributed by atoms with Crippen molar-refractivity contribution >= 4 is 28.5 Å². The number of aryl methyl sites for hydroxylation is 1. The first-order valence-electron chi connectivity index (χ1n) is 10.6. The van der Waals surface area contributed by atoms with Crippen LogP contribution in [0.2, 0.25) is 0 Å². The van der Waals surface area contributed by atoms with Gasteiger partial charge in [0.1, 0.15) is 24.5 Å². The summed E-state index contributed by atoms with van der Waals surface area (Å²) in [6, 6.07) is 11.6. The van der Waals surface area contributed by atoms with E-state index in [1.165, 1.54) is 35.6 Å². The van der Waals surface area contributed by atoms with Gasteiger partial charge in [0, 0.05) is 25.9 Å². The summed E-state index contributed by atoms with van der Waals surface area (Å²) in [4.78, 5) is 26.1. The first-order chi connectivity index (χ1) is 16.4. The van der Waals surface area contributed by atoms with Crippen molar-refractivity contribution in [2.45, 2.75) is 20.5 Å². The number of amides is 1. The summed E-state index contributed by atoms with van der Waals surface area (Å²) < 4.78 is 19.2. The van der Waals surface area contributed by atoms with E-state index in [0.717, 1.165) is 16.1 Å². The monoisotopic (exact) mass is 480 g/mol. The quantitative estimate of drug-likeness (QED) is 0.175. The number of benzene rings is 1. The Balaban J connectivity index is 2.04. The Morgan fingerprint density at radius 2 is 2.03 bits per heavy atom. The van der Waals surface area contributed by atoms with Crippen molar-refractivity contribution in [3.63, 3.8) is 0 Å². The largest absolute Gasteiger partial charge is 0.489 e. The molecule has 1 heterocycles. The number of hydrogen-bond donors (Lipinski definition) is 1. The molecule has 1 aromatic carbocycles. The molecule has 178 valence electrons. The highest BCUT2D eigenvalue weighted by Gasteiger charge is 2.15. The van der Waals surface area contributed by atoms with E-state index in [0.29, 0.717) is 29.1 Å². The minimum atomic E-state index is -0.386. The second-order valence-electron chi connectivity index (χ2n) is 7.28. The molecule has 1 aromatic heterocycles. The number of halogens is 1. The third kappa shape index (κ3) is 8.33. The van der Waals surface area contributed by atoms with Crippen LogP contribution in [0.5, 0.6) is 0 Å². The summed E-state index contributed by atoms with van der Waals surface area (Å²) >= 11 is 1.33. The average Bonchev–Trinajstić information content (AvgIpc) is 3.25. The zero-order valence-electron chi connectivity index (χ0n) is 19.6. The molecule has 0 fully saturated rings. The third-order valence-corrected chi connectivity index (χ3v) is 6.04. The van der Waals surface area contributed by atoms with Gasteiger partial charge in [0.2, 0.25) is 0 Å². The topological polar surface area (TPSA) is 58.6 Å². The highest BCUT2D eigenvalue weighted by Crippen LogP contribution is 2.29. The number of rotatable bonds is 12. The van der Waals surface area contributed by atoms with Gasteiger partial charge in [0.05, 0.1) is 9.88 Å². The summed E-state index contributed by atoms with van der Waals surface area (Å²) in [5.41, 5.74) is 2.39. The van der Waals surface area contributed by atoms with Gasteiger partial charge in [0.25, 0.3) is 5.91 Å². The average molecular weight is 481 g/mol. The molecule has 0 aliphatic rings. The Bertz CT molecular complexity index is 1110. The highest BCUT2D eigenvalue weighted by atomic mass is 32.1. The Morgan fingerprint density at radius 3 is 2.68 bits per heavy atom. The molecule has 0 radical (unpaired) electrons. The van der Waals surface area contributed by atoms with Crippen molar-refractivity contribution in [3.05, 3.63) is 113 Å². The van der Waals surface area contributed by atoms with Gasteiger partial charge in [-0.3, -0.25) is 9.59 Å². The molecular formula is C27H29FN2O3S. The van der Waals surface area contributed by atoms with Crippen molar-refractivity contribution < 1.29 is 18.7 Å². The van der Waals surface area contributed by atoms with Gasteiger partial charge < -0.3 is 15.0 Å². The summed E-state index contributed by atoms with van der Waals surface area (Å²) in [6.07, 6.45) is 9.69. The number of aldehydes is 1. The number of thiophene rings is 1. The van der Waals surface area contributed by atoms with E-state index in [1.807, 2.05) is 55.3 Å². The molecule has 1 amide bonds. The summed E-state index contributed by atoms with van der Waals surface area (Å²) in [5.74, 6) is -0.204. The molecule has 0 unspecified atom stereocenters. The third-order valence-electron chi connectivity index (χ3n) is 4.72. The number of nitrogens with zero attached hydrogens (tertiary/aromatic N) is 1. The number of carbonyl (C=O) groups is 2. The maximum atomic E-state index is 13.5. The zero-order chi connectivity index (χ0) is 24.9. The fourth-order valence-corrected chi connectivity index (χ4v) is 3.82. The van der Waals surface area contributed by atoms with E-state index in [4.69, 9.17) is 4.74 Å². The lowest BCUT2D eigenvalue weighted by Crippen LogP contribution is -2.25. The van der Waals surface area contributed by atoms with E-state index in [1.54, 1.807) is 19.2 Å². The normalized spacial score (nSPS) is 12.5. The Kier molecular flexibility index (Phi) is 10.7. The first-order valence-corrected chi connectivity index (χ1v) is 11.5. The summed E-state index contributed by atoms with van der Waals surface area (Å²) in [6.45, 7) is 7.63. The van der Waals surface area contributed by atoms with Crippen LogP contribution in [-0.4, -0.2) is 25.8 Å². The summed E-state index contributed by atoms with van der Waals surface area (Å²) in [7, 11) is 1.84. The number of carbonyl (C=O) groups excluding carboxylic acids is 2. The van der Waals surface area contributed by atoms with Crippen LogP contribution in [0.1, 0.15) is 27.7 Å². The first kappa shape index (κ1) is 26.5. The van der Waals surface area contributed by atoms with E-state index in [2.05, 4.69) is 11.9 Å². The fraction of sp³-hybridized carbons (Fsp3) is 0.185. The molecule has 0 saturated carbocycles. The maximum absolute atomic E-state index is 13.5. The van der Waals surface area contributed by atoms with Crippen LogP contribution in [0.3, 0.4) is 0 Å². The van der Waals surface area contributed by atoms with Crippen LogP contribution in [0.25, 0.3) is 0 Å². The maximum Gasteiger partial charge on any atom is 0.261 e. The minimum absolute atomic E-state index is 0.171. The molecular weight excluding hydrogens is 451 g/mol. The lowest BCUT2D eigenvalue weighted by atomic mass is 10.2. The molecule has 0 bridgehead atoms. The molecule has 34 heavy (non-hydrogen) atoms. The molecule has 0 aliphatic carbocycles. The van der Waals surface area contributed by atoms with Crippen LogP contribution in [0, 0.1) is 6.92 Å². The molecule has 0 aliphatic heterocycles. The van der Waals surface area contributed by atoms with Crippen molar-refractivity contribution in [1.82, 2.24) is 5.32 Å². The van der Waals surface area contributed by atoms with Crippen LogP contribution in [-0.2, 0) is 16.1 Å². The summed E-state index contributed by atoms with van der Waals surface area (Å²) in [5, 5.41) is 3.65. The van der Waals surface area contributed by atoms with Gasteiger partial charge in [-0.15, -0.1) is 11.3 Å². The number of hydrogen-bond acceptors (Lipinski definition) is 5. The minimum Gasteiger partial charge on any atom is -0.489 e. The SMILES string of the molecule is C=C/C(=C\C(F)=C/C)CNC(=O)c1sc(N(C)/C=C\C(=C/C=O)OCc2ccccc2)cc1C. The molecule has 0 atom stereocenters. The molecule has 0 saturated heterocycles. The van der Waals surface area contributed by atoms with Crippen LogP contribution < -0.4 is 10.2 Å². The number of ether oxygens (including phenoxy) is 1. The predicted molar refractivity (Wildman–Crippen MR) is 137 cm³/mol. The van der Waals surface area contributed by atoms with E-state index in [-0.39, 0.29) is 18.3 Å². The van der Waals surface area contributed by atoms with E-state index in [9.17, 15) is 14.0 Å². The molecule has 2 rings (SSSR count). The fourth-order valence-electron chi connectivity index (χ4n) is 2.79. The van der Waals surface area contributed by atoms with Gasteiger partial charge in [-0.05, 0) is 48.8 Å². The molecule has 0 spiro atoms. The highest BCUT2D eigenvalue weighted by molar-refractivity contribution is 7.18. The predicted octanol–water partition coefficient (Wildman–Crippen LogP) is 6.02. The van der Waals surface area contributed by atoms with Crippen molar-refractivity contribution in [2.75, 3.05) is 18.5 Å². The lowest BCUT2D eigenvalue weighted by molar-refractivity contribution is -0.104. The second kappa shape index (κ2) is 13.7. The standard InChI is InChI=1S/C27H29FN2O3S/c1-5-21(17-23(28)6-2)18-29-27(32)26-20(3)16-25(34-26)30(4)14-12-24(13-15-31)33-19-22-10-8-7-9-11-22/h5-17H,1,18-19H2,2-4H3,(H,29,32)/b14-12-,21-17+,23-6+,24-13+. The van der Waals surface area contributed by atoms with Crippen LogP contribution in [0.4, 0.5) is 9.39 Å². The Labute approximate surface area is 204 Å². The van der Waals surface area contributed by atoms with Gasteiger partial charge >= 0.3 is 0 Å². The Morgan fingerprint density at radius 1 is 1.29 bits per heavy atom. The molecule has 1 N–H and O–H groups in total. The lowest BCUT2D eigenvalue weighted by Gasteiger charge is -2.12. The molecule has 5 nitrogen and oxygen atoms in total. The number of nitrogens with one attached hydrogen (secondary N) is 1. The second-order valence-corrected chi connectivity index (χ2v) is 8.31. The number of allylic oxidation sites excluding steroid dienone is 5. The molecule has 2 aromatic rings. The number of anilines is 1. The van der Waals surface area contributed by atoms with Gasteiger partial charge in [-0.25, -0.2) is 4.39 Å². The zero-order valence-corrected chi connectivity index (χ0v) is 20.4. The van der Waals surface area contributed by atoms with Crippen molar-refractivity contribution in [1.29, 1.82) is 0 Å². The van der Waals surface area contributed by atoms with Crippen LogP contribution >= 0.6 is 11.3 Å². The van der Waals surface area contributed by atoms with Crippen molar-refractivity contribution in [2.24, 2.45) is 0 Å². The molecule has 7 heteroatoms. The van der Waals surface area contributed by atoms with E-state index >= 15 is 0 Å². The Hall–Kier alpha value is -3.71. The van der Waals surface area contributed by atoms with Gasteiger partial charge in [0.15, 0.2) is 0 Å². The van der Waals surface area contributed by atoms with Crippen LogP contribution in [0.15, 0.2) is 96.7 Å².